The van der Waals surface area contributed by atoms with E-state index >= 15 is 0 Å². The molecule has 207 valence electrons. The van der Waals surface area contributed by atoms with Gasteiger partial charge < -0.3 is 25.5 Å². The number of allylic oxidation sites excluding steroid dienone is 1. The number of anilines is 1. The molecule has 1 fully saturated rings. The lowest BCUT2D eigenvalue weighted by Crippen LogP contribution is -2.26. The first-order valence-corrected chi connectivity index (χ1v) is 14.1. The fourth-order valence-corrected chi connectivity index (χ4v) is 5.12. The number of pyridine rings is 1. The summed E-state index contributed by atoms with van der Waals surface area (Å²) in [5.41, 5.74) is 12.3. The SMILES string of the molecule is Cc1cc2c(c(NC(=O)NS/C(N)=C/C=NCC(C)(C)[B]O)c1-c1ccnc(OC3CCOCC3)c1)CCC2. The third-order valence-electron chi connectivity index (χ3n) is 6.77. The fraction of sp³-hybridized carbons (Fsp3) is 0.464. The number of amides is 2. The molecule has 1 aliphatic carbocycles. The Morgan fingerprint density at radius 3 is 2.92 bits per heavy atom. The van der Waals surface area contributed by atoms with Gasteiger partial charge in [0.05, 0.1) is 23.9 Å². The second-order valence-electron chi connectivity index (χ2n) is 10.6. The number of carbonyl (C=O) groups is 1. The third kappa shape index (κ3) is 8.00. The quantitative estimate of drug-likeness (QED) is 0.194. The van der Waals surface area contributed by atoms with Crippen molar-refractivity contribution in [2.45, 2.75) is 64.3 Å². The molecule has 9 nitrogen and oxygen atoms in total. The van der Waals surface area contributed by atoms with Gasteiger partial charge in [-0.2, -0.15) is 0 Å². The number of urea groups is 1. The molecule has 0 spiro atoms. The zero-order chi connectivity index (χ0) is 27.8. The monoisotopic (exact) mass is 550 g/mol. The van der Waals surface area contributed by atoms with Gasteiger partial charge in [0.1, 0.15) is 6.10 Å². The van der Waals surface area contributed by atoms with Crippen LogP contribution in [-0.4, -0.2) is 55.6 Å². The minimum atomic E-state index is -0.414. The van der Waals surface area contributed by atoms with Crippen molar-refractivity contribution < 1.29 is 19.3 Å². The van der Waals surface area contributed by atoms with E-state index in [-0.39, 0.29) is 12.1 Å². The smallest absolute Gasteiger partial charge is 0.329 e. The van der Waals surface area contributed by atoms with Crippen LogP contribution in [0.15, 0.2) is 40.5 Å². The highest BCUT2D eigenvalue weighted by atomic mass is 32.2. The molecular formula is C28H37BN5O4S. The first-order valence-electron chi connectivity index (χ1n) is 13.3. The van der Waals surface area contributed by atoms with Crippen molar-refractivity contribution in [1.29, 1.82) is 0 Å². The van der Waals surface area contributed by atoms with Crippen LogP contribution in [-0.2, 0) is 17.6 Å². The first kappa shape index (κ1) is 29.0. The second-order valence-corrected chi connectivity index (χ2v) is 11.5. The zero-order valence-electron chi connectivity index (χ0n) is 22.8. The van der Waals surface area contributed by atoms with E-state index in [9.17, 15) is 9.82 Å². The molecule has 0 bridgehead atoms. The molecule has 4 rings (SSSR count). The maximum absolute atomic E-state index is 13.0. The molecule has 5 N–H and O–H groups in total. The van der Waals surface area contributed by atoms with Gasteiger partial charge in [0, 0.05) is 55.4 Å². The van der Waals surface area contributed by atoms with Crippen molar-refractivity contribution in [2.75, 3.05) is 25.1 Å². The van der Waals surface area contributed by atoms with Crippen LogP contribution in [0.1, 0.15) is 49.8 Å². The van der Waals surface area contributed by atoms with Crippen LogP contribution < -0.4 is 20.5 Å². The molecule has 0 saturated carbocycles. The number of nitrogens with zero attached hydrogens (tertiary/aromatic N) is 2. The highest BCUT2D eigenvalue weighted by Crippen LogP contribution is 2.41. The summed E-state index contributed by atoms with van der Waals surface area (Å²) in [6.45, 7) is 7.64. The van der Waals surface area contributed by atoms with Gasteiger partial charge in [-0.3, -0.25) is 9.71 Å². The van der Waals surface area contributed by atoms with Gasteiger partial charge in [0.15, 0.2) is 0 Å². The topological polar surface area (TPSA) is 131 Å². The maximum atomic E-state index is 13.0. The number of hydrogen-bond acceptors (Lipinski definition) is 8. The Morgan fingerprint density at radius 2 is 2.15 bits per heavy atom. The summed E-state index contributed by atoms with van der Waals surface area (Å²) < 4.78 is 14.4. The molecular weight excluding hydrogens is 513 g/mol. The summed E-state index contributed by atoms with van der Waals surface area (Å²) >= 11 is 1.02. The summed E-state index contributed by atoms with van der Waals surface area (Å²) in [6.07, 6.45) is 9.67. The van der Waals surface area contributed by atoms with E-state index in [1.165, 1.54) is 11.1 Å². The Hall–Kier alpha value is -3.02. The molecule has 0 unspecified atom stereocenters. The molecule has 2 amide bonds. The number of ether oxygens (including phenoxy) is 2. The van der Waals surface area contributed by atoms with Gasteiger partial charge in [-0.05, 0) is 65.9 Å². The molecule has 2 aromatic rings. The van der Waals surface area contributed by atoms with Crippen LogP contribution in [0.5, 0.6) is 5.88 Å². The lowest BCUT2D eigenvalue weighted by molar-refractivity contribution is 0.0237. The highest BCUT2D eigenvalue weighted by molar-refractivity contribution is 8.01. The number of fused-ring (bicyclic) bond motifs is 1. The Kier molecular flexibility index (Phi) is 9.93. The molecule has 0 atom stereocenters. The third-order valence-corrected chi connectivity index (χ3v) is 7.43. The standard InChI is InChI=1S/C28H37BN5O4S/c1-18-15-19-5-4-6-22(19)26(33-27(35)34-39-23(30)8-11-31-17-28(2,3)29-36)25(18)20-7-12-32-24(16-20)38-21-9-13-37-14-10-21/h7-8,11-12,15-16,21,36H,4-6,9-10,13-14,17,30H2,1-3H3,(H2,33,34,35)/b23-8+,31-11?. The number of aryl methyl sites for hydroxylation is 2. The predicted octanol–water partition coefficient (Wildman–Crippen LogP) is 4.55. The van der Waals surface area contributed by atoms with Crippen LogP contribution in [0.2, 0.25) is 5.31 Å². The van der Waals surface area contributed by atoms with Crippen molar-refractivity contribution in [3.63, 3.8) is 0 Å². The molecule has 1 saturated heterocycles. The second kappa shape index (κ2) is 13.4. The highest BCUT2D eigenvalue weighted by Gasteiger charge is 2.24. The summed E-state index contributed by atoms with van der Waals surface area (Å²) in [6, 6.07) is 5.77. The van der Waals surface area contributed by atoms with E-state index in [0.717, 1.165) is 73.9 Å². The molecule has 39 heavy (non-hydrogen) atoms. The van der Waals surface area contributed by atoms with Gasteiger partial charge in [-0.1, -0.05) is 19.9 Å². The van der Waals surface area contributed by atoms with Crippen LogP contribution in [0.3, 0.4) is 0 Å². The molecule has 1 aromatic heterocycles. The van der Waals surface area contributed by atoms with Gasteiger partial charge in [-0.15, -0.1) is 0 Å². The predicted molar refractivity (Wildman–Crippen MR) is 158 cm³/mol. The van der Waals surface area contributed by atoms with Crippen LogP contribution in [0.4, 0.5) is 10.5 Å². The lowest BCUT2D eigenvalue weighted by atomic mass is 9.67. The van der Waals surface area contributed by atoms with E-state index in [2.05, 4.69) is 33.0 Å². The first-order chi connectivity index (χ1) is 18.8. The normalized spacial score (nSPS) is 16.3. The van der Waals surface area contributed by atoms with Gasteiger partial charge in [0.2, 0.25) is 5.88 Å². The van der Waals surface area contributed by atoms with Gasteiger partial charge >= 0.3 is 6.03 Å². The number of hydrogen-bond donors (Lipinski definition) is 4. The lowest BCUT2D eigenvalue weighted by Gasteiger charge is -2.23. The fourth-order valence-electron chi connectivity index (χ4n) is 4.73. The minimum Gasteiger partial charge on any atom is -0.474 e. The number of nitrogens with one attached hydrogen (secondary N) is 2. The average molecular weight is 551 g/mol. The zero-order valence-corrected chi connectivity index (χ0v) is 23.6. The van der Waals surface area contributed by atoms with Crippen molar-refractivity contribution in [3.05, 3.63) is 52.2 Å². The van der Waals surface area contributed by atoms with E-state index in [1.54, 1.807) is 18.5 Å². The number of nitrogens with two attached hydrogens (primary N) is 1. The average Bonchev–Trinajstić information content (AvgIpc) is 3.39. The molecule has 1 aliphatic heterocycles. The summed E-state index contributed by atoms with van der Waals surface area (Å²) in [5, 5.41) is 12.3. The number of carbonyl (C=O) groups excluding carboxylic acids is 1. The largest absolute Gasteiger partial charge is 0.474 e. The van der Waals surface area contributed by atoms with Crippen LogP contribution >= 0.6 is 11.9 Å². The maximum Gasteiger partial charge on any atom is 0.329 e. The Morgan fingerprint density at radius 1 is 1.36 bits per heavy atom. The van der Waals surface area contributed by atoms with E-state index in [4.69, 9.17) is 15.2 Å². The Bertz CT molecular complexity index is 1230. The van der Waals surface area contributed by atoms with Crippen molar-refractivity contribution in [3.8, 4) is 17.0 Å². The molecule has 2 heterocycles. The molecule has 2 aliphatic rings. The Labute approximate surface area is 235 Å². The molecule has 1 radical (unpaired) electrons. The van der Waals surface area contributed by atoms with E-state index < -0.39 is 5.31 Å². The van der Waals surface area contributed by atoms with Crippen molar-refractivity contribution in [1.82, 2.24) is 9.71 Å². The van der Waals surface area contributed by atoms with E-state index in [1.807, 2.05) is 26.0 Å². The number of aliphatic imine (C=N–C) groups is 1. The van der Waals surface area contributed by atoms with Crippen LogP contribution in [0, 0.1) is 6.92 Å². The van der Waals surface area contributed by atoms with Crippen LogP contribution in [0.25, 0.3) is 11.1 Å². The van der Waals surface area contributed by atoms with E-state index in [0.29, 0.717) is 30.7 Å². The minimum absolute atomic E-state index is 0.0890. The van der Waals surface area contributed by atoms with Crippen molar-refractivity contribution >= 4 is 37.4 Å². The summed E-state index contributed by atoms with van der Waals surface area (Å²) in [7, 11) is 1.13. The number of rotatable bonds is 10. The number of aromatic nitrogens is 1. The summed E-state index contributed by atoms with van der Waals surface area (Å²) in [5.74, 6) is 0.574. The van der Waals surface area contributed by atoms with Crippen molar-refractivity contribution in [2.24, 2.45) is 10.7 Å². The molecule has 11 heteroatoms. The molecule has 1 aromatic carbocycles. The van der Waals surface area contributed by atoms with Gasteiger partial charge in [0.25, 0.3) is 7.48 Å². The summed E-state index contributed by atoms with van der Waals surface area (Å²) in [4.78, 5) is 21.7. The van der Waals surface area contributed by atoms with Gasteiger partial charge in [-0.25, -0.2) is 9.78 Å². The number of benzene rings is 1. The Balaban J connectivity index is 1.49.